The number of carbonyl (C=O) groups is 1. The third-order valence-corrected chi connectivity index (χ3v) is 3.30. The van der Waals surface area contributed by atoms with E-state index in [9.17, 15) is 4.79 Å². The van der Waals surface area contributed by atoms with Gasteiger partial charge in [0.15, 0.2) is 0 Å². The van der Waals surface area contributed by atoms with Crippen LogP contribution in [0.5, 0.6) is 0 Å². The molecule has 1 amide bonds. The van der Waals surface area contributed by atoms with Gasteiger partial charge in [-0.2, -0.15) is 0 Å². The molecule has 3 heteroatoms. The first-order valence-corrected chi connectivity index (χ1v) is 5.88. The van der Waals surface area contributed by atoms with Gasteiger partial charge in [0.2, 0.25) is 5.91 Å². The van der Waals surface area contributed by atoms with Gasteiger partial charge in [-0.05, 0) is 47.1 Å². The zero-order valence-electron chi connectivity index (χ0n) is 10.7. The van der Waals surface area contributed by atoms with Crippen molar-refractivity contribution in [3.05, 3.63) is 0 Å². The summed E-state index contributed by atoms with van der Waals surface area (Å²) in [6.45, 7) is 12.0. The van der Waals surface area contributed by atoms with Gasteiger partial charge >= 0.3 is 0 Å². The standard InChI is InChI=1S/C12H24N2O/c1-6-13-12(4,5)10(15)14-9-7-8-11(14,2)3/h13H,6-9H2,1-5H3. The smallest absolute Gasteiger partial charge is 0.242 e. The highest BCUT2D eigenvalue weighted by molar-refractivity contribution is 5.86. The van der Waals surface area contributed by atoms with Gasteiger partial charge in [0.1, 0.15) is 0 Å². The van der Waals surface area contributed by atoms with E-state index in [1.54, 1.807) is 0 Å². The van der Waals surface area contributed by atoms with E-state index >= 15 is 0 Å². The van der Waals surface area contributed by atoms with Crippen LogP contribution >= 0.6 is 0 Å². The Bertz CT molecular complexity index is 246. The molecule has 0 aliphatic carbocycles. The Morgan fingerprint density at radius 3 is 2.47 bits per heavy atom. The lowest BCUT2D eigenvalue weighted by Gasteiger charge is -2.38. The summed E-state index contributed by atoms with van der Waals surface area (Å²) < 4.78 is 0. The zero-order chi connectivity index (χ0) is 11.7. The molecule has 1 heterocycles. The number of amides is 1. The number of nitrogens with zero attached hydrogens (tertiary/aromatic N) is 1. The number of hydrogen-bond acceptors (Lipinski definition) is 2. The molecule has 15 heavy (non-hydrogen) atoms. The van der Waals surface area contributed by atoms with Crippen molar-refractivity contribution in [1.82, 2.24) is 10.2 Å². The molecule has 1 saturated heterocycles. The number of nitrogens with one attached hydrogen (secondary N) is 1. The van der Waals surface area contributed by atoms with E-state index in [1.165, 1.54) is 0 Å². The summed E-state index contributed by atoms with van der Waals surface area (Å²) in [6, 6.07) is 0. The first-order valence-electron chi connectivity index (χ1n) is 5.88. The minimum absolute atomic E-state index is 0.0315. The largest absolute Gasteiger partial charge is 0.336 e. The van der Waals surface area contributed by atoms with E-state index in [-0.39, 0.29) is 11.4 Å². The predicted molar refractivity (Wildman–Crippen MR) is 62.8 cm³/mol. The summed E-state index contributed by atoms with van der Waals surface area (Å²) in [5.74, 6) is 0.229. The van der Waals surface area contributed by atoms with E-state index in [4.69, 9.17) is 0 Å². The van der Waals surface area contributed by atoms with Crippen LogP contribution in [0.1, 0.15) is 47.5 Å². The molecule has 88 valence electrons. The first kappa shape index (κ1) is 12.5. The van der Waals surface area contributed by atoms with E-state index in [1.807, 2.05) is 25.7 Å². The Kier molecular flexibility index (Phi) is 3.44. The summed E-state index contributed by atoms with van der Waals surface area (Å²) in [5, 5.41) is 3.25. The van der Waals surface area contributed by atoms with Crippen molar-refractivity contribution < 1.29 is 4.79 Å². The molecule has 1 N–H and O–H groups in total. The molecular weight excluding hydrogens is 188 g/mol. The van der Waals surface area contributed by atoms with E-state index in [0.717, 1.165) is 25.9 Å². The minimum atomic E-state index is -0.434. The van der Waals surface area contributed by atoms with Crippen LogP contribution in [0.2, 0.25) is 0 Å². The lowest BCUT2D eigenvalue weighted by atomic mass is 9.97. The Hall–Kier alpha value is -0.570. The molecular formula is C12H24N2O. The molecule has 1 rings (SSSR count). The Labute approximate surface area is 93.2 Å². The maximum atomic E-state index is 12.3. The Balaban J connectivity index is 2.76. The van der Waals surface area contributed by atoms with Crippen LogP contribution in [0, 0.1) is 0 Å². The molecule has 0 saturated carbocycles. The molecule has 0 radical (unpaired) electrons. The molecule has 0 aromatic rings. The van der Waals surface area contributed by atoms with Gasteiger partial charge in [0.25, 0.3) is 0 Å². The lowest BCUT2D eigenvalue weighted by molar-refractivity contribution is -0.140. The van der Waals surface area contributed by atoms with Crippen LogP contribution in [0.4, 0.5) is 0 Å². The van der Waals surface area contributed by atoms with E-state index in [0.29, 0.717) is 0 Å². The van der Waals surface area contributed by atoms with Crippen LogP contribution in [0.3, 0.4) is 0 Å². The average Bonchev–Trinajstić information content (AvgIpc) is 2.43. The fraction of sp³-hybridized carbons (Fsp3) is 0.917. The van der Waals surface area contributed by atoms with Crippen molar-refractivity contribution >= 4 is 5.91 Å². The fourth-order valence-corrected chi connectivity index (χ4v) is 2.34. The molecule has 3 nitrogen and oxygen atoms in total. The summed E-state index contributed by atoms with van der Waals surface area (Å²) >= 11 is 0. The molecule has 0 bridgehead atoms. The lowest BCUT2D eigenvalue weighted by Crippen LogP contribution is -2.57. The van der Waals surface area contributed by atoms with Gasteiger partial charge < -0.3 is 10.2 Å². The molecule has 1 fully saturated rings. The van der Waals surface area contributed by atoms with Gasteiger partial charge in [-0.3, -0.25) is 4.79 Å². The highest BCUT2D eigenvalue weighted by atomic mass is 16.2. The first-order chi connectivity index (χ1) is 6.81. The number of carbonyl (C=O) groups excluding carboxylic acids is 1. The second-order valence-electron chi connectivity index (χ2n) is 5.53. The average molecular weight is 212 g/mol. The highest BCUT2D eigenvalue weighted by Crippen LogP contribution is 2.30. The molecule has 0 aromatic carbocycles. The number of hydrogen-bond donors (Lipinski definition) is 1. The van der Waals surface area contributed by atoms with Crippen LogP contribution < -0.4 is 5.32 Å². The SMILES string of the molecule is CCNC(C)(C)C(=O)N1CCCC1(C)C. The number of likely N-dealkylation sites (tertiary alicyclic amines) is 1. The van der Waals surface area contributed by atoms with Crippen molar-refractivity contribution in [3.8, 4) is 0 Å². The third-order valence-electron chi connectivity index (χ3n) is 3.30. The van der Waals surface area contributed by atoms with Crippen molar-refractivity contribution in [2.45, 2.75) is 58.5 Å². The Morgan fingerprint density at radius 1 is 1.47 bits per heavy atom. The van der Waals surface area contributed by atoms with Crippen LogP contribution in [0.15, 0.2) is 0 Å². The highest BCUT2D eigenvalue weighted by Gasteiger charge is 2.41. The number of likely N-dealkylation sites (N-methyl/N-ethyl adjacent to an activating group) is 1. The van der Waals surface area contributed by atoms with Crippen LogP contribution in [0.25, 0.3) is 0 Å². The second-order valence-corrected chi connectivity index (χ2v) is 5.53. The monoisotopic (exact) mass is 212 g/mol. The molecule has 0 atom stereocenters. The van der Waals surface area contributed by atoms with Gasteiger partial charge in [-0.25, -0.2) is 0 Å². The van der Waals surface area contributed by atoms with E-state index < -0.39 is 5.54 Å². The van der Waals surface area contributed by atoms with Crippen LogP contribution in [-0.2, 0) is 4.79 Å². The maximum Gasteiger partial charge on any atom is 0.242 e. The summed E-state index contributed by atoms with van der Waals surface area (Å²) in [6.07, 6.45) is 2.24. The summed E-state index contributed by atoms with van der Waals surface area (Å²) in [4.78, 5) is 14.4. The van der Waals surface area contributed by atoms with E-state index in [2.05, 4.69) is 19.2 Å². The van der Waals surface area contributed by atoms with Gasteiger partial charge in [0.05, 0.1) is 5.54 Å². The fourth-order valence-electron chi connectivity index (χ4n) is 2.34. The zero-order valence-corrected chi connectivity index (χ0v) is 10.7. The van der Waals surface area contributed by atoms with Crippen molar-refractivity contribution in [3.63, 3.8) is 0 Å². The maximum absolute atomic E-state index is 12.3. The summed E-state index contributed by atoms with van der Waals surface area (Å²) in [7, 11) is 0. The molecule has 0 spiro atoms. The second kappa shape index (κ2) is 4.12. The van der Waals surface area contributed by atoms with Crippen molar-refractivity contribution in [1.29, 1.82) is 0 Å². The van der Waals surface area contributed by atoms with Crippen molar-refractivity contribution in [2.75, 3.05) is 13.1 Å². The molecule has 1 aliphatic rings. The van der Waals surface area contributed by atoms with Crippen LogP contribution in [-0.4, -0.2) is 35.0 Å². The quantitative estimate of drug-likeness (QED) is 0.773. The normalized spacial score (nSPS) is 20.7. The third kappa shape index (κ3) is 2.51. The van der Waals surface area contributed by atoms with Crippen molar-refractivity contribution in [2.24, 2.45) is 0 Å². The van der Waals surface area contributed by atoms with Gasteiger partial charge in [0, 0.05) is 12.1 Å². The predicted octanol–water partition coefficient (Wildman–Crippen LogP) is 1.78. The topological polar surface area (TPSA) is 32.3 Å². The molecule has 1 aliphatic heterocycles. The Morgan fingerprint density at radius 2 is 2.07 bits per heavy atom. The minimum Gasteiger partial charge on any atom is -0.336 e. The van der Waals surface area contributed by atoms with Gasteiger partial charge in [-0.1, -0.05) is 6.92 Å². The number of rotatable bonds is 3. The molecule has 0 aromatic heterocycles. The summed E-state index contributed by atoms with van der Waals surface area (Å²) in [5.41, 5.74) is -0.403. The van der Waals surface area contributed by atoms with Gasteiger partial charge in [-0.15, -0.1) is 0 Å². The molecule has 0 unspecified atom stereocenters.